The van der Waals surface area contributed by atoms with E-state index >= 15 is 0 Å². The fourth-order valence-electron chi connectivity index (χ4n) is 6.84. The maximum absolute atomic E-state index is 6.42. The third kappa shape index (κ3) is 1.17. The molecule has 0 aliphatic heterocycles. The quantitative estimate of drug-likeness (QED) is 0.662. The first-order valence-electron chi connectivity index (χ1n) is 8.53. The molecule has 5 unspecified atom stereocenters. The molecule has 1 heterocycles. The molecule has 4 saturated carbocycles. The number of pyridine rings is 1. The fourth-order valence-corrected chi connectivity index (χ4v) is 7.01. The lowest BCUT2D eigenvalue weighted by Gasteiger charge is -2.43. The highest BCUT2D eigenvalue weighted by Crippen LogP contribution is 2.72. The van der Waals surface area contributed by atoms with Gasteiger partial charge in [0.25, 0.3) is 0 Å². The van der Waals surface area contributed by atoms with Crippen LogP contribution in [0.2, 0.25) is 5.02 Å². The van der Waals surface area contributed by atoms with Crippen LogP contribution in [0.4, 0.5) is 0 Å². The van der Waals surface area contributed by atoms with Crippen LogP contribution in [-0.2, 0) is 5.41 Å². The first-order chi connectivity index (χ1) is 10.8. The molecular weight excluding hydrogens is 290 g/mol. The molecule has 2 aromatic rings. The van der Waals surface area contributed by atoms with Gasteiger partial charge in [-0.15, -0.1) is 0 Å². The van der Waals surface area contributed by atoms with Crippen molar-refractivity contribution in [1.82, 2.24) is 4.98 Å². The lowest BCUT2D eigenvalue weighted by atomic mass is 9.59. The van der Waals surface area contributed by atoms with Gasteiger partial charge in [0.2, 0.25) is 0 Å². The third-order valence-corrected chi connectivity index (χ3v) is 7.45. The van der Waals surface area contributed by atoms with Gasteiger partial charge in [-0.05, 0) is 84.2 Å². The Hall–Kier alpha value is -1.34. The monoisotopic (exact) mass is 307 g/mol. The first-order valence-corrected chi connectivity index (χ1v) is 8.91. The molecule has 5 aliphatic carbocycles. The summed E-state index contributed by atoms with van der Waals surface area (Å²) in [6.45, 7) is 0. The average Bonchev–Trinajstić information content (AvgIpc) is 3.06. The average molecular weight is 308 g/mol. The van der Waals surface area contributed by atoms with Gasteiger partial charge in [0.05, 0.1) is 0 Å². The van der Waals surface area contributed by atoms with Gasteiger partial charge in [-0.2, -0.15) is 0 Å². The van der Waals surface area contributed by atoms with Crippen molar-refractivity contribution in [3.05, 3.63) is 52.8 Å². The van der Waals surface area contributed by atoms with Crippen molar-refractivity contribution in [2.45, 2.75) is 31.1 Å². The number of fused-ring (bicyclic) bond motifs is 3. The van der Waals surface area contributed by atoms with Gasteiger partial charge in [-0.3, -0.25) is 4.98 Å². The van der Waals surface area contributed by atoms with E-state index in [2.05, 4.69) is 29.4 Å². The molecule has 1 aromatic heterocycles. The van der Waals surface area contributed by atoms with Crippen LogP contribution >= 0.6 is 11.6 Å². The van der Waals surface area contributed by atoms with Crippen LogP contribution in [0.3, 0.4) is 0 Å². The zero-order valence-electron chi connectivity index (χ0n) is 12.4. The standard InChI is InChI=1S/C20H18ClN/c21-14-1-2-15-16-10-22-4-3-17(16)20(19(15)9-14)13-6-11-5-12(8-13)18(20)7-11/h1-4,9-13,18H,5-8H2. The van der Waals surface area contributed by atoms with Gasteiger partial charge in [0, 0.05) is 28.4 Å². The van der Waals surface area contributed by atoms with E-state index in [0.717, 1.165) is 28.7 Å². The van der Waals surface area contributed by atoms with Crippen LogP contribution in [0.15, 0.2) is 36.7 Å². The number of halogens is 1. The van der Waals surface area contributed by atoms with Crippen molar-refractivity contribution in [2.24, 2.45) is 23.7 Å². The minimum atomic E-state index is 0.246. The summed E-state index contributed by atoms with van der Waals surface area (Å²) in [6.07, 6.45) is 9.81. The molecule has 4 fully saturated rings. The Kier molecular flexibility index (Phi) is 2.07. The predicted molar refractivity (Wildman–Crippen MR) is 87.9 cm³/mol. The molecule has 5 atom stereocenters. The molecule has 0 amide bonds. The number of aromatic nitrogens is 1. The lowest BCUT2D eigenvalue weighted by Crippen LogP contribution is -2.40. The van der Waals surface area contributed by atoms with Crippen molar-refractivity contribution in [2.75, 3.05) is 0 Å². The number of benzene rings is 1. The summed E-state index contributed by atoms with van der Waals surface area (Å²) >= 11 is 6.42. The molecule has 0 radical (unpaired) electrons. The van der Waals surface area contributed by atoms with Crippen molar-refractivity contribution in [3.8, 4) is 11.1 Å². The zero-order chi connectivity index (χ0) is 14.5. The van der Waals surface area contributed by atoms with Crippen LogP contribution < -0.4 is 0 Å². The van der Waals surface area contributed by atoms with Crippen molar-refractivity contribution in [3.63, 3.8) is 0 Å². The minimum Gasteiger partial charge on any atom is -0.264 e. The summed E-state index contributed by atoms with van der Waals surface area (Å²) in [6, 6.07) is 8.84. The Labute approximate surface area is 135 Å². The normalized spacial score (nSPS) is 39.5. The molecule has 0 saturated heterocycles. The van der Waals surface area contributed by atoms with Crippen LogP contribution in [0, 0.1) is 23.7 Å². The Morgan fingerprint density at radius 3 is 2.86 bits per heavy atom. The van der Waals surface area contributed by atoms with E-state index in [9.17, 15) is 0 Å². The topological polar surface area (TPSA) is 12.9 Å². The molecule has 1 aromatic carbocycles. The van der Waals surface area contributed by atoms with E-state index in [1.165, 1.54) is 42.4 Å². The van der Waals surface area contributed by atoms with Crippen molar-refractivity contribution >= 4 is 11.6 Å². The summed E-state index contributed by atoms with van der Waals surface area (Å²) < 4.78 is 0. The highest BCUT2D eigenvalue weighted by atomic mass is 35.5. The minimum absolute atomic E-state index is 0.246. The molecule has 1 nitrogen and oxygen atoms in total. The molecule has 7 rings (SSSR count). The second-order valence-electron chi connectivity index (χ2n) is 7.85. The van der Waals surface area contributed by atoms with Gasteiger partial charge >= 0.3 is 0 Å². The van der Waals surface area contributed by atoms with Crippen LogP contribution in [-0.4, -0.2) is 4.98 Å². The van der Waals surface area contributed by atoms with Crippen molar-refractivity contribution in [1.29, 1.82) is 0 Å². The summed E-state index contributed by atoms with van der Waals surface area (Å²) in [5.74, 6) is 3.58. The highest BCUT2D eigenvalue weighted by Gasteiger charge is 2.65. The van der Waals surface area contributed by atoms with Gasteiger partial charge in [-0.1, -0.05) is 17.7 Å². The van der Waals surface area contributed by atoms with Crippen LogP contribution in [0.1, 0.15) is 36.8 Å². The number of hydrogen-bond acceptors (Lipinski definition) is 1. The van der Waals surface area contributed by atoms with E-state index in [0.29, 0.717) is 0 Å². The summed E-state index contributed by atoms with van der Waals surface area (Å²) in [7, 11) is 0. The molecular formula is C20H18ClN. The summed E-state index contributed by atoms with van der Waals surface area (Å²) in [5.41, 5.74) is 6.07. The lowest BCUT2D eigenvalue weighted by molar-refractivity contribution is 0.190. The molecule has 4 bridgehead atoms. The Bertz CT molecular complexity index is 809. The molecule has 110 valence electrons. The van der Waals surface area contributed by atoms with E-state index in [4.69, 9.17) is 11.6 Å². The van der Waals surface area contributed by atoms with Gasteiger partial charge in [0.15, 0.2) is 0 Å². The molecule has 22 heavy (non-hydrogen) atoms. The number of nitrogens with zero attached hydrogens (tertiary/aromatic N) is 1. The largest absolute Gasteiger partial charge is 0.264 e. The number of hydrogen-bond donors (Lipinski definition) is 0. The highest BCUT2D eigenvalue weighted by molar-refractivity contribution is 6.30. The van der Waals surface area contributed by atoms with Gasteiger partial charge in [-0.25, -0.2) is 0 Å². The van der Waals surface area contributed by atoms with E-state index in [-0.39, 0.29) is 5.41 Å². The molecule has 2 heteroatoms. The Balaban J connectivity index is 1.73. The van der Waals surface area contributed by atoms with E-state index in [1.54, 1.807) is 5.56 Å². The summed E-state index contributed by atoms with van der Waals surface area (Å²) in [4.78, 5) is 4.42. The summed E-state index contributed by atoms with van der Waals surface area (Å²) in [5, 5.41) is 0.885. The van der Waals surface area contributed by atoms with E-state index < -0.39 is 0 Å². The predicted octanol–water partition coefficient (Wildman–Crippen LogP) is 5.07. The second kappa shape index (κ2) is 3.76. The molecule has 0 N–H and O–H groups in total. The van der Waals surface area contributed by atoms with Gasteiger partial charge < -0.3 is 0 Å². The second-order valence-corrected chi connectivity index (χ2v) is 8.29. The van der Waals surface area contributed by atoms with Crippen LogP contribution in [0.25, 0.3) is 11.1 Å². The maximum Gasteiger partial charge on any atom is 0.0409 e. The molecule has 1 spiro atoms. The number of rotatable bonds is 0. The van der Waals surface area contributed by atoms with E-state index in [1.807, 2.05) is 12.3 Å². The molecule has 5 aliphatic rings. The van der Waals surface area contributed by atoms with Gasteiger partial charge in [0.1, 0.15) is 0 Å². The maximum atomic E-state index is 6.42. The zero-order valence-corrected chi connectivity index (χ0v) is 13.2. The Morgan fingerprint density at radius 2 is 1.95 bits per heavy atom. The van der Waals surface area contributed by atoms with Crippen molar-refractivity contribution < 1.29 is 0 Å². The van der Waals surface area contributed by atoms with Crippen LogP contribution in [0.5, 0.6) is 0 Å². The first kappa shape index (κ1) is 12.1. The SMILES string of the molecule is Clc1ccc2c(c1)C1(c3ccncc3-2)C2CC3CC(C2)C1C3. The third-order valence-electron chi connectivity index (χ3n) is 7.21. The Morgan fingerprint density at radius 1 is 1.00 bits per heavy atom. The smallest absolute Gasteiger partial charge is 0.0409 e. The fraction of sp³-hybridized carbons (Fsp3) is 0.450.